The molecule has 2 heterocycles. The van der Waals surface area contributed by atoms with Gasteiger partial charge in [0.2, 0.25) is 11.7 Å². The summed E-state index contributed by atoms with van der Waals surface area (Å²) < 4.78 is 25.0. The van der Waals surface area contributed by atoms with E-state index in [9.17, 15) is 9.18 Å². The number of benzene rings is 2. The van der Waals surface area contributed by atoms with Gasteiger partial charge in [0, 0.05) is 11.3 Å². The van der Waals surface area contributed by atoms with Crippen molar-refractivity contribution in [3.63, 3.8) is 0 Å². The Kier molecular flexibility index (Phi) is 6.08. The van der Waals surface area contributed by atoms with E-state index in [0.29, 0.717) is 27.9 Å². The fourth-order valence-corrected chi connectivity index (χ4v) is 3.54. The molecule has 164 valence electrons. The number of anilines is 2. The number of nitrogens with two attached hydrogens (primary N) is 1. The van der Waals surface area contributed by atoms with Crippen LogP contribution in [0.25, 0.3) is 22.8 Å². The summed E-state index contributed by atoms with van der Waals surface area (Å²) in [5.41, 5.74) is 7.94. The number of hydrogen-bond donors (Lipinski definition) is 2. The summed E-state index contributed by atoms with van der Waals surface area (Å²) in [6.07, 6.45) is 1.83. The minimum absolute atomic E-state index is 0.143. The van der Waals surface area contributed by atoms with Gasteiger partial charge >= 0.3 is 0 Å². The molecule has 2 aromatic carbocycles. The fraction of sp³-hybridized carbons (Fsp3) is 0.143. The van der Waals surface area contributed by atoms with E-state index in [1.807, 2.05) is 18.4 Å². The lowest BCUT2D eigenvalue weighted by molar-refractivity contribution is -0.116. The summed E-state index contributed by atoms with van der Waals surface area (Å²) in [7, 11) is 1.59. The van der Waals surface area contributed by atoms with E-state index in [2.05, 4.69) is 20.6 Å². The van der Waals surface area contributed by atoms with Gasteiger partial charge in [0.25, 0.3) is 5.89 Å². The van der Waals surface area contributed by atoms with Gasteiger partial charge in [-0.2, -0.15) is 10.1 Å². The highest BCUT2D eigenvalue weighted by atomic mass is 32.2. The van der Waals surface area contributed by atoms with E-state index in [1.54, 1.807) is 19.2 Å². The number of ether oxygens (including phenoxy) is 1. The van der Waals surface area contributed by atoms with Crippen molar-refractivity contribution in [1.82, 2.24) is 19.9 Å². The molecule has 4 rings (SSSR count). The van der Waals surface area contributed by atoms with Crippen LogP contribution in [0.15, 0.2) is 58.1 Å². The standard InChI is InChI=1S/C21H19FN6O3S/c1-30-15-9-3-12(4-10-15)19-25-20(31-27-19)17-18(23)28(26-21(17)32-2)11-16(29)24-14-7-5-13(22)6-8-14/h3-10H,11,23H2,1-2H3,(H,24,29). The number of halogens is 1. The highest BCUT2D eigenvalue weighted by molar-refractivity contribution is 7.98. The quantitative estimate of drug-likeness (QED) is 0.406. The molecule has 2 aromatic heterocycles. The maximum atomic E-state index is 13.0. The Morgan fingerprint density at radius 3 is 2.59 bits per heavy atom. The van der Waals surface area contributed by atoms with Gasteiger partial charge in [0.15, 0.2) is 0 Å². The molecule has 32 heavy (non-hydrogen) atoms. The number of thioether (sulfide) groups is 1. The fourth-order valence-electron chi connectivity index (χ4n) is 2.97. The second-order valence-corrected chi connectivity index (χ2v) is 7.43. The molecule has 0 aliphatic carbocycles. The number of amides is 1. The number of hydrogen-bond acceptors (Lipinski definition) is 8. The van der Waals surface area contributed by atoms with Crippen molar-refractivity contribution in [3.05, 3.63) is 54.3 Å². The Bertz CT molecular complexity index is 1240. The first kappa shape index (κ1) is 21.4. The van der Waals surface area contributed by atoms with Crippen LogP contribution in [0.5, 0.6) is 5.75 Å². The van der Waals surface area contributed by atoms with E-state index < -0.39 is 0 Å². The second-order valence-electron chi connectivity index (χ2n) is 6.63. The number of nitrogens with zero attached hydrogens (tertiary/aromatic N) is 4. The van der Waals surface area contributed by atoms with E-state index in [0.717, 1.165) is 5.56 Å². The first-order chi connectivity index (χ1) is 15.5. The first-order valence-electron chi connectivity index (χ1n) is 9.42. The lowest BCUT2D eigenvalue weighted by Crippen LogP contribution is -2.20. The average molecular weight is 454 g/mol. The number of aromatic nitrogens is 4. The maximum absolute atomic E-state index is 13.0. The first-order valence-corrected chi connectivity index (χ1v) is 10.6. The summed E-state index contributed by atoms with van der Waals surface area (Å²) in [5.74, 6) is 0.760. The zero-order chi connectivity index (χ0) is 22.7. The van der Waals surface area contributed by atoms with Crippen molar-refractivity contribution in [1.29, 1.82) is 0 Å². The van der Waals surface area contributed by atoms with Gasteiger partial charge in [-0.25, -0.2) is 9.07 Å². The van der Waals surface area contributed by atoms with Crippen LogP contribution in [-0.2, 0) is 11.3 Å². The highest BCUT2D eigenvalue weighted by Gasteiger charge is 2.23. The average Bonchev–Trinajstić information content (AvgIpc) is 3.40. The van der Waals surface area contributed by atoms with Crippen molar-refractivity contribution in [2.45, 2.75) is 11.6 Å². The molecule has 0 bridgehead atoms. The third kappa shape index (κ3) is 4.42. The molecule has 0 aliphatic heterocycles. The monoisotopic (exact) mass is 454 g/mol. The SMILES string of the molecule is COc1ccc(-c2noc(-c3c(SC)nn(CC(=O)Nc4ccc(F)cc4)c3N)n2)cc1. The van der Waals surface area contributed by atoms with E-state index in [-0.39, 0.29) is 30.0 Å². The van der Waals surface area contributed by atoms with Crippen LogP contribution < -0.4 is 15.8 Å². The minimum Gasteiger partial charge on any atom is -0.497 e. The van der Waals surface area contributed by atoms with Crippen molar-refractivity contribution >= 4 is 29.2 Å². The van der Waals surface area contributed by atoms with Crippen LogP contribution in [0, 0.1) is 5.82 Å². The molecule has 9 nitrogen and oxygen atoms in total. The lowest BCUT2D eigenvalue weighted by atomic mass is 10.2. The van der Waals surface area contributed by atoms with Gasteiger partial charge in [-0.15, -0.1) is 11.8 Å². The van der Waals surface area contributed by atoms with Crippen molar-refractivity contribution in [2.24, 2.45) is 0 Å². The van der Waals surface area contributed by atoms with Crippen LogP contribution in [0.3, 0.4) is 0 Å². The molecule has 0 saturated carbocycles. The smallest absolute Gasteiger partial charge is 0.264 e. The summed E-state index contributed by atoms with van der Waals surface area (Å²) >= 11 is 1.34. The zero-order valence-corrected chi connectivity index (χ0v) is 18.0. The Morgan fingerprint density at radius 2 is 1.94 bits per heavy atom. The van der Waals surface area contributed by atoms with Crippen LogP contribution in [-0.4, -0.2) is 39.2 Å². The summed E-state index contributed by atoms with van der Waals surface area (Å²) in [5, 5.41) is 11.6. The summed E-state index contributed by atoms with van der Waals surface area (Å²) in [4.78, 5) is 16.9. The Morgan fingerprint density at radius 1 is 1.22 bits per heavy atom. The second kappa shape index (κ2) is 9.10. The summed E-state index contributed by atoms with van der Waals surface area (Å²) in [6, 6.07) is 12.7. The lowest BCUT2D eigenvalue weighted by Gasteiger charge is -2.06. The molecule has 0 radical (unpaired) electrons. The van der Waals surface area contributed by atoms with Crippen LogP contribution in [0.2, 0.25) is 0 Å². The Balaban J connectivity index is 1.56. The molecular formula is C21H19FN6O3S. The molecule has 4 aromatic rings. The summed E-state index contributed by atoms with van der Waals surface area (Å²) in [6.45, 7) is -0.143. The van der Waals surface area contributed by atoms with Crippen LogP contribution >= 0.6 is 11.8 Å². The molecule has 3 N–H and O–H groups in total. The third-order valence-electron chi connectivity index (χ3n) is 4.56. The molecule has 0 aliphatic rings. The van der Waals surface area contributed by atoms with Crippen LogP contribution in [0.4, 0.5) is 15.9 Å². The van der Waals surface area contributed by atoms with Crippen LogP contribution in [0.1, 0.15) is 0 Å². The maximum Gasteiger partial charge on any atom is 0.264 e. The molecule has 1 amide bonds. The number of methoxy groups -OCH3 is 1. The number of rotatable bonds is 7. The van der Waals surface area contributed by atoms with E-state index in [1.165, 1.54) is 40.7 Å². The number of nitrogen functional groups attached to an aromatic ring is 1. The zero-order valence-electron chi connectivity index (χ0n) is 17.2. The molecule has 0 unspecified atom stereocenters. The van der Waals surface area contributed by atoms with Gasteiger partial charge in [-0.1, -0.05) is 5.16 Å². The third-order valence-corrected chi connectivity index (χ3v) is 5.23. The minimum atomic E-state index is -0.387. The molecule has 0 spiro atoms. The van der Waals surface area contributed by atoms with E-state index in [4.69, 9.17) is 15.0 Å². The van der Waals surface area contributed by atoms with Crippen molar-refractivity contribution in [3.8, 4) is 28.6 Å². The largest absolute Gasteiger partial charge is 0.497 e. The van der Waals surface area contributed by atoms with Crippen molar-refractivity contribution < 1.29 is 18.4 Å². The molecular weight excluding hydrogens is 435 g/mol. The Hall–Kier alpha value is -3.86. The normalized spacial score (nSPS) is 10.8. The van der Waals surface area contributed by atoms with Gasteiger partial charge in [-0.05, 0) is 54.8 Å². The predicted molar refractivity (Wildman–Crippen MR) is 119 cm³/mol. The molecule has 11 heteroatoms. The molecule has 0 saturated heterocycles. The van der Waals surface area contributed by atoms with Gasteiger partial charge in [0.1, 0.15) is 34.5 Å². The van der Waals surface area contributed by atoms with Gasteiger partial charge in [0.05, 0.1) is 7.11 Å². The topological polar surface area (TPSA) is 121 Å². The highest BCUT2D eigenvalue weighted by Crippen LogP contribution is 2.35. The van der Waals surface area contributed by atoms with Gasteiger partial charge in [-0.3, -0.25) is 4.79 Å². The van der Waals surface area contributed by atoms with E-state index >= 15 is 0 Å². The molecule has 0 atom stereocenters. The number of nitrogens with one attached hydrogen (secondary N) is 1. The molecule has 0 fully saturated rings. The van der Waals surface area contributed by atoms with Crippen molar-refractivity contribution in [2.75, 3.05) is 24.4 Å². The predicted octanol–water partition coefficient (Wildman–Crippen LogP) is 3.69. The Labute approximate surface area is 186 Å². The van der Waals surface area contributed by atoms with Gasteiger partial charge < -0.3 is 20.3 Å². The number of carbonyl (C=O) groups excluding carboxylic acids is 1. The number of carbonyl (C=O) groups is 1.